The quantitative estimate of drug-likeness (QED) is 0.648. The summed E-state index contributed by atoms with van der Waals surface area (Å²) in [4.78, 5) is 11.1. The monoisotopic (exact) mass is 199 g/mol. The fourth-order valence-electron chi connectivity index (χ4n) is 1.06. The predicted octanol–water partition coefficient (Wildman–Crippen LogP) is -0.367. The molecule has 0 fully saturated rings. The summed E-state index contributed by atoms with van der Waals surface area (Å²) in [5.74, 6) is -0.577. The maximum absolute atomic E-state index is 11.1. The molecular formula is C8H13N3O3. The average Bonchev–Trinajstić information content (AvgIpc) is 2.44. The second-order valence-electron chi connectivity index (χ2n) is 3.00. The SMILES string of the molecule is COC(=O)c1nn(CC(C)O)cc1N. The molecular weight excluding hydrogens is 186 g/mol. The van der Waals surface area contributed by atoms with Gasteiger partial charge >= 0.3 is 5.97 Å². The third-order valence-electron chi connectivity index (χ3n) is 1.62. The molecule has 0 amide bonds. The first-order valence-corrected chi connectivity index (χ1v) is 4.14. The number of hydrogen-bond acceptors (Lipinski definition) is 5. The van der Waals surface area contributed by atoms with Crippen molar-refractivity contribution in [2.75, 3.05) is 12.8 Å². The summed E-state index contributed by atoms with van der Waals surface area (Å²) in [7, 11) is 1.26. The lowest BCUT2D eigenvalue weighted by atomic mass is 10.4. The molecule has 1 unspecified atom stereocenters. The molecule has 1 heterocycles. The molecule has 1 rings (SSSR count). The van der Waals surface area contributed by atoms with E-state index in [1.807, 2.05) is 0 Å². The lowest BCUT2D eigenvalue weighted by Crippen LogP contribution is -2.13. The van der Waals surface area contributed by atoms with Gasteiger partial charge in [0.1, 0.15) is 0 Å². The number of esters is 1. The smallest absolute Gasteiger partial charge is 0.360 e. The highest BCUT2D eigenvalue weighted by Gasteiger charge is 2.15. The number of aliphatic hydroxyl groups excluding tert-OH is 1. The number of nitrogens with zero attached hydrogens (tertiary/aromatic N) is 2. The average molecular weight is 199 g/mol. The summed E-state index contributed by atoms with van der Waals surface area (Å²) in [5, 5.41) is 13.0. The number of carbonyl (C=O) groups is 1. The van der Waals surface area contributed by atoms with E-state index < -0.39 is 12.1 Å². The minimum absolute atomic E-state index is 0.0770. The zero-order valence-corrected chi connectivity index (χ0v) is 8.10. The Labute approximate surface area is 81.3 Å². The second-order valence-corrected chi connectivity index (χ2v) is 3.00. The van der Waals surface area contributed by atoms with Gasteiger partial charge in [-0.15, -0.1) is 0 Å². The number of aliphatic hydroxyl groups is 1. The van der Waals surface area contributed by atoms with Gasteiger partial charge in [0.05, 0.1) is 25.4 Å². The van der Waals surface area contributed by atoms with Gasteiger partial charge < -0.3 is 15.6 Å². The van der Waals surface area contributed by atoms with Gasteiger partial charge in [0.2, 0.25) is 0 Å². The van der Waals surface area contributed by atoms with Crippen LogP contribution in [0.4, 0.5) is 5.69 Å². The fourth-order valence-corrected chi connectivity index (χ4v) is 1.06. The Morgan fingerprint density at radius 1 is 1.86 bits per heavy atom. The molecule has 1 aromatic rings. The Morgan fingerprint density at radius 3 is 3.00 bits per heavy atom. The molecule has 0 spiro atoms. The molecule has 0 saturated heterocycles. The van der Waals surface area contributed by atoms with Crippen LogP contribution in [0.1, 0.15) is 17.4 Å². The zero-order valence-electron chi connectivity index (χ0n) is 8.10. The standard InChI is InChI=1S/C8H13N3O3/c1-5(12)3-11-4-6(9)7(10-11)8(13)14-2/h4-5,12H,3,9H2,1-2H3. The van der Waals surface area contributed by atoms with E-state index in [0.29, 0.717) is 6.54 Å². The number of ether oxygens (including phenoxy) is 1. The molecule has 1 atom stereocenters. The molecule has 14 heavy (non-hydrogen) atoms. The van der Waals surface area contributed by atoms with Crippen molar-refractivity contribution in [3.8, 4) is 0 Å². The Balaban J connectivity index is 2.87. The molecule has 78 valence electrons. The van der Waals surface area contributed by atoms with Gasteiger partial charge in [0.25, 0.3) is 0 Å². The van der Waals surface area contributed by atoms with Gasteiger partial charge in [0.15, 0.2) is 5.69 Å². The Kier molecular flexibility index (Phi) is 3.08. The number of carbonyl (C=O) groups excluding carboxylic acids is 1. The van der Waals surface area contributed by atoms with E-state index in [4.69, 9.17) is 10.8 Å². The summed E-state index contributed by atoms with van der Waals surface area (Å²) in [6.07, 6.45) is 0.943. The fraction of sp³-hybridized carbons (Fsp3) is 0.500. The van der Waals surface area contributed by atoms with E-state index in [2.05, 4.69) is 9.84 Å². The Morgan fingerprint density at radius 2 is 2.50 bits per heavy atom. The molecule has 3 N–H and O–H groups in total. The van der Waals surface area contributed by atoms with Crippen LogP contribution in [0.5, 0.6) is 0 Å². The molecule has 0 aliphatic rings. The molecule has 0 saturated carbocycles. The third kappa shape index (κ3) is 2.23. The van der Waals surface area contributed by atoms with Crippen molar-refractivity contribution in [3.63, 3.8) is 0 Å². The first-order chi connectivity index (χ1) is 6.54. The van der Waals surface area contributed by atoms with Gasteiger partial charge in [-0.1, -0.05) is 0 Å². The molecule has 0 aromatic carbocycles. The van der Waals surface area contributed by atoms with Crippen molar-refractivity contribution in [3.05, 3.63) is 11.9 Å². The molecule has 0 aliphatic heterocycles. The predicted molar refractivity (Wildman–Crippen MR) is 49.7 cm³/mol. The molecule has 6 nitrogen and oxygen atoms in total. The summed E-state index contributed by atoms with van der Waals surface area (Å²) in [6.45, 7) is 1.91. The van der Waals surface area contributed by atoms with Gasteiger partial charge in [-0.3, -0.25) is 4.68 Å². The first-order valence-electron chi connectivity index (χ1n) is 4.14. The molecule has 0 aliphatic carbocycles. The third-order valence-corrected chi connectivity index (χ3v) is 1.62. The van der Waals surface area contributed by atoms with Crippen LogP contribution in [0.25, 0.3) is 0 Å². The summed E-state index contributed by atoms with van der Waals surface area (Å²) in [6, 6.07) is 0. The Bertz CT molecular complexity index is 333. The minimum Gasteiger partial charge on any atom is -0.464 e. The van der Waals surface area contributed by atoms with Gasteiger partial charge in [0, 0.05) is 6.20 Å². The molecule has 1 aromatic heterocycles. The van der Waals surface area contributed by atoms with E-state index in [1.54, 1.807) is 6.92 Å². The number of rotatable bonds is 3. The van der Waals surface area contributed by atoms with Gasteiger partial charge in [-0.2, -0.15) is 5.10 Å². The van der Waals surface area contributed by atoms with E-state index in [1.165, 1.54) is 18.0 Å². The van der Waals surface area contributed by atoms with Crippen LogP contribution >= 0.6 is 0 Å². The van der Waals surface area contributed by atoms with E-state index in [-0.39, 0.29) is 11.4 Å². The number of nitrogens with two attached hydrogens (primary N) is 1. The molecule has 0 bridgehead atoms. The van der Waals surface area contributed by atoms with Crippen molar-refractivity contribution in [2.45, 2.75) is 19.6 Å². The summed E-state index contributed by atoms with van der Waals surface area (Å²) in [5.41, 5.74) is 5.85. The Hall–Kier alpha value is -1.56. The van der Waals surface area contributed by atoms with Crippen LogP contribution in [-0.4, -0.2) is 34.1 Å². The van der Waals surface area contributed by atoms with Crippen molar-refractivity contribution in [1.29, 1.82) is 0 Å². The van der Waals surface area contributed by atoms with Crippen LogP contribution in [0.3, 0.4) is 0 Å². The highest BCUT2D eigenvalue weighted by Crippen LogP contribution is 2.10. The van der Waals surface area contributed by atoms with Gasteiger partial charge in [-0.25, -0.2) is 4.79 Å². The largest absolute Gasteiger partial charge is 0.464 e. The number of anilines is 1. The number of hydrogen-bond donors (Lipinski definition) is 2. The van der Waals surface area contributed by atoms with E-state index >= 15 is 0 Å². The van der Waals surface area contributed by atoms with Crippen LogP contribution in [-0.2, 0) is 11.3 Å². The minimum atomic E-state index is -0.577. The summed E-state index contributed by atoms with van der Waals surface area (Å²) >= 11 is 0. The summed E-state index contributed by atoms with van der Waals surface area (Å²) < 4.78 is 5.89. The van der Waals surface area contributed by atoms with Crippen molar-refractivity contribution in [1.82, 2.24) is 9.78 Å². The normalized spacial score (nSPS) is 12.5. The van der Waals surface area contributed by atoms with Crippen LogP contribution in [0.15, 0.2) is 6.20 Å². The molecule has 6 heteroatoms. The first kappa shape index (κ1) is 10.5. The van der Waals surface area contributed by atoms with Crippen molar-refractivity contribution in [2.24, 2.45) is 0 Å². The number of methoxy groups -OCH3 is 1. The maximum atomic E-state index is 11.1. The van der Waals surface area contributed by atoms with Crippen LogP contribution in [0, 0.1) is 0 Å². The highest BCUT2D eigenvalue weighted by molar-refractivity contribution is 5.92. The highest BCUT2D eigenvalue weighted by atomic mass is 16.5. The topological polar surface area (TPSA) is 90.4 Å². The van der Waals surface area contributed by atoms with E-state index in [9.17, 15) is 4.79 Å². The lowest BCUT2D eigenvalue weighted by molar-refractivity contribution is 0.0593. The lowest BCUT2D eigenvalue weighted by Gasteiger charge is -2.02. The van der Waals surface area contributed by atoms with Crippen molar-refractivity contribution >= 4 is 11.7 Å². The maximum Gasteiger partial charge on any atom is 0.360 e. The van der Waals surface area contributed by atoms with Crippen LogP contribution in [0.2, 0.25) is 0 Å². The van der Waals surface area contributed by atoms with E-state index in [0.717, 1.165) is 0 Å². The number of aromatic nitrogens is 2. The van der Waals surface area contributed by atoms with Gasteiger partial charge in [-0.05, 0) is 6.92 Å². The molecule has 0 radical (unpaired) electrons. The second kappa shape index (κ2) is 4.10. The van der Waals surface area contributed by atoms with Crippen LogP contribution < -0.4 is 5.73 Å². The zero-order chi connectivity index (χ0) is 10.7. The number of nitrogen functional groups attached to an aromatic ring is 1. The van der Waals surface area contributed by atoms with Crippen molar-refractivity contribution < 1.29 is 14.6 Å².